The highest BCUT2D eigenvalue weighted by atomic mass is 31.2. The summed E-state index contributed by atoms with van der Waals surface area (Å²) in [5, 5.41) is 0. The van der Waals surface area contributed by atoms with E-state index >= 15 is 0 Å². The Hall–Kier alpha value is 0.230. The summed E-state index contributed by atoms with van der Waals surface area (Å²) >= 11 is 0. The van der Waals surface area contributed by atoms with Crippen molar-refractivity contribution in [2.24, 2.45) is 11.8 Å². The van der Waals surface area contributed by atoms with Crippen molar-refractivity contribution in [2.75, 3.05) is 39.6 Å². The molecule has 2 unspecified atom stereocenters. The fourth-order valence-electron chi connectivity index (χ4n) is 2.68. The molecule has 0 amide bonds. The molecule has 0 saturated heterocycles. The molecule has 0 aliphatic carbocycles. The molecule has 0 heterocycles. The Morgan fingerprint density at radius 3 is 1.46 bits per heavy atom. The monoisotopic (exact) mass is 394 g/mol. The Bertz CT molecular complexity index is 255. The molecule has 2 atom stereocenters. The van der Waals surface area contributed by atoms with Crippen LogP contribution < -0.4 is 0 Å². The molecule has 158 valence electrons. The van der Waals surface area contributed by atoms with E-state index in [1.54, 1.807) is 0 Å². The van der Waals surface area contributed by atoms with Gasteiger partial charge in [0.2, 0.25) is 0 Å². The molecule has 0 bridgehead atoms. The minimum Gasteiger partial charge on any atom is -0.379 e. The summed E-state index contributed by atoms with van der Waals surface area (Å²) < 4.78 is 21.8. The van der Waals surface area contributed by atoms with Gasteiger partial charge in [-0.2, -0.15) is 0 Å². The molecule has 0 aliphatic rings. The van der Waals surface area contributed by atoms with Gasteiger partial charge in [0.15, 0.2) is 0 Å². The Balaban J connectivity index is 3.50. The van der Waals surface area contributed by atoms with Gasteiger partial charge in [0.1, 0.15) is 0 Å². The third-order valence-electron chi connectivity index (χ3n) is 4.65. The zero-order chi connectivity index (χ0) is 19.5. The number of hydrogen-bond acceptors (Lipinski definition) is 5. The van der Waals surface area contributed by atoms with Crippen LogP contribution in [0.1, 0.15) is 79.1 Å². The van der Waals surface area contributed by atoms with Gasteiger partial charge in [0.25, 0.3) is 0 Å². The van der Waals surface area contributed by atoms with Gasteiger partial charge < -0.3 is 23.4 Å². The van der Waals surface area contributed by atoms with Crippen LogP contribution >= 0.6 is 8.60 Å². The first-order valence-corrected chi connectivity index (χ1v) is 11.7. The van der Waals surface area contributed by atoms with Gasteiger partial charge in [0.05, 0.1) is 26.4 Å². The lowest BCUT2D eigenvalue weighted by Gasteiger charge is -2.16. The molecule has 0 aliphatic heterocycles. The quantitative estimate of drug-likeness (QED) is 0.212. The third kappa shape index (κ3) is 16.4. The van der Waals surface area contributed by atoms with Gasteiger partial charge in [-0.05, 0) is 24.7 Å². The summed E-state index contributed by atoms with van der Waals surface area (Å²) in [6.07, 6.45) is 9.71. The van der Waals surface area contributed by atoms with Crippen molar-refractivity contribution in [1.82, 2.24) is 0 Å². The average Bonchev–Trinajstić information content (AvgIpc) is 2.66. The van der Waals surface area contributed by atoms with Gasteiger partial charge >= 0.3 is 8.60 Å². The lowest BCUT2D eigenvalue weighted by molar-refractivity contribution is 0.0505. The summed E-state index contributed by atoms with van der Waals surface area (Å²) in [5.74, 6) is 1.26. The van der Waals surface area contributed by atoms with Crippen molar-refractivity contribution >= 4 is 8.60 Å². The van der Waals surface area contributed by atoms with Crippen LogP contribution in [0.5, 0.6) is 0 Å². The molecule has 0 spiro atoms. The molecule has 5 nitrogen and oxygen atoms in total. The maximum absolute atomic E-state index is 9.70. The topological polar surface area (TPSA) is 57.2 Å². The molecule has 0 aromatic carbocycles. The van der Waals surface area contributed by atoms with E-state index in [2.05, 4.69) is 27.7 Å². The van der Waals surface area contributed by atoms with Gasteiger partial charge in [-0.3, -0.25) is 0 Å². The fourth-order valence-corrected chi connectivity index (χ4v) is 3.22. The van der Waals surface area contributed by atoms with E-state index < -0.39 is 8.60 Å². The van der Waals surface area contributed by atoms with Crippen LogP contribution in [-0.2, 0) is 18.5 Å². The highest BCUT2D eigenvalue weighted by molar-refractivity contribution is 7.40. The summed E-state index contributed by atoms with van der Waals surface area (Å²) in [7, 11) is -1.83. The van der Waals surface area contributed by atoms with Crippen molar-refractivity contribution in [1.29, 1.82) is 0 Å². The summed E-state index contributed by atoms with van der Waals surface area (Å²) in [4.78, 5) is 9.70. The number of unbranched alkanes of at least 4 members (excludes halogenated alkanes) is 2. The second-order valence-electron chi connectivity index (χ2n) is 6.89. The van der Waals surface area contributed by atoms with E-state index in [1.807, 2.05) is 0 Å². The molecule has 0 saturated carbocycles. The molecule has 0 fully saturated rings. The molecular formula is C20H43O5P. The molecule has 1 N–H and O–H groups in total. The minimum atomic E-state index is -1.83. The first-order chi connectivity index (χ1) is 12.7. The highest BCUT2D eigenvalue weighted by Crippen LogP contribution is 2.32. The van der Waals surface area contributed by atoms with Crippen molar-refractivity contribution < 1.29 is 23.4 Å². The Morgan fingerprint density at radius 2 is 1.12 bits per heavy atom. The Kier molecular flexibility index (Phi) is 20.2. The van der Waals surface area contributed by atoms with Crippen molar-refractivity contribution in [3.63, 3.8) is 0 Å². The zero-order valence-electron chi connectivity index (χ0n) is 17.6. The normalized spacial score (nSPS) is 15.1. The third-order valence-corrected chi connectivity index (χ3v) is 5.46. The van der Waals surface area contributed by atoms with Crippen LogP contribution in [0.15, 0.2) is 0 Å². The van der Waals surface area contributed by atoms with E-state index in [0.717, 1.165) is 26.1 Å². The van der Waals surface area contributed by atoms with Crippen molar-refractivity contribution in [3.8, 4) is 0 Å². The second kappa shape index (κ2) is 20.0. The molecule has 0 aromatic heterocycles. The highest BCUT2D eigenvalue weighted by Gasteiger charge is 2.09. The van der Waals surface area contributed by atoms with E-state index in [-0.39, 0.29) is 0 Å². The predicted molar refractivity (Wildman–Crippen MR) is 109 cm³/mol. The van der Waals surface area contributed by atoms with Crippen LogP contribution in [0.3, 0.4) is 0 Å². The molecule has 0 aromatic rings. The number of rotatable bonds is 20. The van der Waals surface area contributed by atoms with Gasteiger partial charge in [-0.1, -0.05) is 66.2 Å². The predicted octanol–water partition coefficient (Wildman–Crippen LogP) is 5.70. The smallest absolute Gasteiger partial charge is 0.330 e. The van der Waals surface area contributed by atoms with E-state index in [4.69, 9.17) is 18.5 Å². The van der Waals surface area contributed by atoms with Gasteiger partial charge in [-0.15, -0.1) is 0 Å². The van der Waals surface area contributed by atoms with Crippen molar-refractivity contribution in [3.05, 3.63) is 0 Å². The standard InChI is InChI=1S/C20H43O5P/c1-5-9-11-19(7-3)17-22-13-15-24-26(21)25-16-14-23-18-20(8-4)12-10-6-2/h19-21H,5-18H2,1-4H3. The fraction of sp³-hybridized carbons (Fsp3) is 1.00. The lowest BCUT2D eigenvalue weighted by Crippen LogP contribution is -2.13. The van der Waals surface area contributed by atoms with Crippen molar-refractivity contribution in [2.45, 2.75) is 79.1 Å². The second-order valence-corrected chi connectivity index (χ2v) is 7.88. The molecule has 6 heteroatoms. The molecular weight excluding hydrogens is 351 g/mol. The molecule has 26 heavy (non-hydrogen) atoms. The van der Waals surface area contributed by atoms with Crippen LogP contribution in [0, 0.1) is 11.8 Å². The molecule has 0 radical (unpaired) electrons. The molecule has 0 rings (SSSR count). The SMILES string of the molecule is CCCCC(CC)COCCOP(O)OCCOCC(CC)CCCC. The van der Waals surface area contributed by atoms with Gasteiger partial charge in [-0.25, -0.2) is 0 Å². The van der Waals surface area contributed by atoms with Crippen LogP contribution in [0.4, 0.5) is 0 Å². The van der Waals surface area contributed by atoms with Gasteiger partial charge in [0, 0.05) is 13.2 Å². The zero-order valence-corrected chi connectivity index (χ0v) is 18.5. The lowest BCUT2D eigenvalue weighted by atomic mass is 10.0. The van der Waals surface area contributed by atoms with Crippen LogP contribution in [0.25, 0.3) is 0 Å². The average molecular weight is 395 g/mol. The summed E-state index contributed by atoms with van der Waals surface area (Å²) in [5.41, 5.74) is 0. The Morgan fingerprint density at radius 1 is 0.692 bits per heavy atom. The summed E-state index contributed by atoms with van der Waals surface area (Å²) in [6.45, 7) is 12.1. The van der Waals surface area contributed by atoms with Crippen LogP contribution in [0.2, 0.25) is 0 Å². The number of ether oxygens (including phenoxy) is 2. The maximum Gasteiger partial charge on any atom is 0.330 e. The summed E-state index contributed by atoms with van der Waals surface area (Å²) in [6, 6.07) is 0. The van der Waals surface area contributed by atoms with E-state index in [1.165, 1.54) is 38.5 Å². The number of hydrogen-bond donors (Lipinski definition) is 1. The minimum absolute atomic E-state index is 0.363. The van der Waals surface area contributed by atoms with Crippen LogP contribution in [-0.4, -0.2) is 44.5 Å². The first-order valence-electron chi connectivity index (χ1n) is 10.6. The van der Waals surface area contributed by atoms with E-state index in [0.29, 0.717) is 38.3 Å². The maximum atomic E-state index is 9.70. The largest absolute Gasteiger partial charge is 0.379 e. The first kappa shape index (κ1) is 26.2. The Labute approximate surface area is 163 Å². The van der Waals surface area contributed by atoms with E-state index in [9.17, 15) is 4.89 Å².